The molecule has 0 aliphatic carbocycles. The molecule has 1 aromatic heterocycles. The number of para-hydroxylation sites is 2. The average molecular weight is 669 g/mol. The maximum atomic E-state index is 7.20. The molecule has 0 atom stereocenters. The quantitative estimate of drug-likeness (QED) is 0.115. The minimum atomic E-state index is -1.82. The van der Waals surface area contributed by atoms with Gasteiger partial charge in [0, 0.05) is 39.0 Å². The third-order valence-electron chi connectivity index (χ3n) is 11.1. The Bertz CT molecular complexity index is 1900. The first kappa shape index (κ1) is 35.9. The third-order valence-corrected chi connectivity index (χ3v) is 11.1. The Morgan fingerprint density at radius 3 is 1.34 bits per heavy atom. The first-order chi connectivity index (χ1) is 23.7. The minimum absolute atomic E-state index is 0.290. The smallest absolute Gasteiger partial charge is 0.301 e. The Hall–Kier alpha value is -3.93. The van der Waals surface area contributed by atoms with Gasteiger partial charge in [-0.2, -0.15) is 4.57 Å². The normalized spacial score (nSPS) is 16.0. The molecule has 0 amide bonds. The van der Waals surface area contributed by atoms with E-state index in [0.29, 0.717) is 23.7 Å². The fourth-order valence-corrected chi connectivity index (χ4v) is 7.74. The number of benzene rings is 4. The van der Waals surface area contributed by atoms with Crippen molar-refractivity contribution in [3.05, 3.63) is 119 Å². The first-order valence-electron chi connectivity index (χ1n) is 18.8. The number of hydrogen-bond donors (Lipinski definition) is 0. The maximum Gasteiger partial charge on any atom is 0.301 e. The topological polar surface area (TPSA) is 27.3 Å². The molecule has 0 unspecified atom stereocenters. The van der Waals surface area contributed by atoms with E-state index in [2.05, 4.69) is 189 Å². The largest absolute Gasteiger partial charge is 0.558 e. The summed E-state index contributed by atoms with van der Waals surface area (Å²) in [5.74, 6) is 2.30. The highest BCUT2D eigenvalue weighted by Gasteiger charge is 2.49. The summed E-state index contributed by atoms with van der Waals surface area (Å²) in [6.07, 6.45) is 0. The van der Waals surface area contributed by atoms with Gasteiger partial charge in [-0.3, -0.25) is 0 Å². The number of aromatic nitrogens is 2. The van der Waals surface area contributed by atoms with Crippen LogP contribution in [0.4, 0.5) is 0 Å². The van der Waals surface area contributed by atoms with Gasteiger partial charge in [0.15, 0.2) is 0 Å². The van der Waals surface area contributed by atoms with E-state index in [4.69, 9.17) is 9.31 Å². The Morgan fingerprint density at radius 1 is 0.520 bits per heavy atom. The van der Waals surface area contributed by atoms with Gasteiger partial charge in [0.1, 0.15) is 17.1 Å². The van der Waals surface area contributed by atoms with E-state index in [1.54, 1.807) is 0 Å². The van der Waals surface area contributed by atoms with Crippen molar-refractivity contribution in [3.63, 3.8) is 0 Å². The van der Waals surface area contributed by atoms with Gasteiger partial charge in [0.25, 0.3) is 5.82 Å². The zero-order chi connectivity index (χ0) is 36.1. The molecule has 1 fully saturated rings. The molecule has 1 saturated heterocycles. The zero-order valence-corrected chi connectivity index (χ0v) is 32.5. The summed E-state index contributed by atoms with van der Waals surface area (Å²) in [7, 11) is -1.82. The van der Waals surface area contributed by atoms with Crippen molar-refractivity contribution in [2.75, 3.05) is 0 Å². The molecular formula is C45H57BN2O2. The van der Waals surface area contributed by atoms with Gasteiger partial charge in [-0.1, -0.05) is 140 Å². The van der Waals surface area contributed by atoms with Gasteiger partial charge in [0.05, 0.1) is 11.2 Å². The highest BCUT2D eigenvalue weighted by Crippen LogP contribution is 2.41. The summed E-state index contributed by atoms with van der Waals surface area (Å²) in [4.78, 5) is 0. The van der Waals surface area contributed by atoms with Gasteiger partial charge < -0.3 is 9.31 Å². The lowest BCUT2D eigenvalue weighted by molar-refractivity contribution is -0.572. The van der Waals surface area contributed by atoms with Crippen LogP contribution in [-0.4, -0.2) is 22.9 Å². The summed E-state index contributed by atoms with van der Waals surface area (Å²) < 4.78 is 19.6. The summed E-state index contributed by atoms with van der Waals surface area (Å²) in [6.45, 7) is 27.2. The predicted octanol–water partition coefficient (Wildman–Crippen LogP) is 10.6. The molecule has 50 heavy (non-hydrogen) atoms. The van der Waals surface area contributed by atoms with E-state index in [-0.39, 0.29) is 0 Å². The molecule has 6 rings (SSSR count). The van der Waals surface area contributed by atoms with Crippen LogP contribution in [-0.2, 0) is 9.31 Å². The molecular weight excluding hydrogens is 611 g/mol. The molecule has 0 N–H and O–H groups in total. The molecule has 0 spiro atoms. The maximum absolute atomic E-state index is 7.20. The lowest BCUT2D eigenvalue weighted by Crippen LogP contribution is -2.43. The molecule has 1 aliphatic heterocycles. The fraction of sp³-hybridized carbons (Fsp3) is 0.400. The lowest BCUT2D eigenvalue weighted by Gasteiger charge is -2.37. The van der Waals surface area contributed by atoms with Crippen molar-refractivity contribution in [1.29, 1.82) is 0 Å². The standard InChI is InChI=1S/C45H57BN2O2/c1-29(2)35-25-19-26-36(30(3)4)40(35)47-39(33-21-15-13-16-22-33)42(46-49-44(9,10)45(11,12)50-46)48(43(47)34-23-17-14-18-24-34)41-37(31(5)6)27-20-28-38(41)32(7)8/h13-32,46H,1-12H3. The van der Waals surface area contributed by atoms with Crippen LogP contribution in [0.1, 0.15) is 129 Å². The van der Waals surface area contributed by atoms with E-state index >= 15 is 0 Å². The van der Waals surface area contributed by atoms with Gasteiger partial charge >= 0.3 is 7.12 Å². The van der Waals surface area contributed by atoms with Gasteiger partial charge in [-0.05, 0) is 63.5 Å². The van der Waals surface area contributed by atoms with Crippen LogP contribution in [0.2, 0.25) is 0 Å². The monoisotopic (exact) mass is 668 g/mol. The number of nitrogens with zero attached hydrogens (tertiary/aromatic N) is 2. The lowest BCUT2D eigenvalue weighted by atomic mass is 9.80. The fourth-order valence-electron chi connectivity index (χ4n) is 7.74. The SMILES string of the molecule is CC(C)c1cccc(C(C)C)c1-n1c([BH-]2OC(C)(C)C(C)(C)O2)c(-c2ccccc2)[n+](-c2c(C(C)C)cccc2C(C)C)c1-c1ccccc1. The van der Waals surface area contributed by atoms with Crippen molar-refractivity contribution in [3.8, 4) is 34.0 Å². The molecule has 262 valence electrons. The Morgan fingerprint density at radius 2 is 0.920 bits per heavy atom. The number of imidazole rings is 1. The summed E-state index contributed by atoms with van der Waals surface area (Å²) in [6, 6.07) is 35.6. The number of rotatable bonds is 9. The van der Waals surface area contributed by atoms with Crippen LogP contribution in [0.5, 0.6) is 0 Å². The molecule has 5 aromatic rings. The zero-order valence-electron chi connectivity index (χ0n) is 32.5. The van der Waals surface area contributed by atoms with Crippen molar-refractivity contribution in [2.45, 2.75) is 118 Å². The average Bonchev–Trinajstić information content (AvgIpc) is 3.53. The minimum Gasteiger partial charge on any atom is -0.558 e. The van der Waals surface area contributed by atoms with Crippen LogP contribution in [0, 0.1) is 0 Å². The van der Waals surface area contributed by atoms with Crippen LogP contribution < -0.4 is 10.2 Å². The second-order valence-electron chi connectivity index (χ2n) is 16.4. The summed E-state index contributed by atoms with van der Waals surface area (Å²) in [5.41, 5.74) is 11.3. The van der Waals surface area contributed by atoms with Crippen LogP contribution in [0.15, 0.2) is 97.1 Å². The van der Waals surface area contributed by atoms with Gasteiger partial charge in [-0.15, -0.1) is 0 Å². The molecule has 5 heteroatoms. The molecule has 2 heterocycles. The molecule has 0 bridgehead atoms. The Labute approximate surface area is 301 Å². The Kier molecular flexibility index (Phi) is 9.80. The second-order valence-corrected chi connectivity index (χ2v) is 16.4. The van der Waals surface area contributed by atoms with E-state index in [0.717, 1.165) is 28.2 Å². The van der Waals surface area contributed by atoms with Crippen molar-refractivity contribution < 1.29 is 13.9 Å². The van der Waals surface area contributed by atoms with Gasteiger partial charge in [-0.25, -0.2) is 4.57 Å². The molecule has 1 aliphatic rings. The molecule has 0 radical (unpaired) electrons. The summed E-state index contributed by atoms with van der Waals surface area (Å²) >= 11 is 0. The van der Waals surface area contributed by atoms with Crippen LogP contribution in [0.3, 0.4) is 0 Å². The van der Waals surface area contributed by atoms with Gasteiger partial charge in [0.2, 0.25) is 0 Å². The van der Waals surface area contributed by atoms with E-state index in [1.807, 2.05) is 0 Å². The Balaban J connectivity index is 1.97. The van der Waals surface area contributed by atoms with Crippen molar-refractivity contribution in [2.24, 2.45) is 0 Å². The highest BCUT2D eigenvalue weighted by molar-refractivity contribution is 6.63. The van der Waals surface area contributed by atoms with Crippen molar-refractivity contribution >= 4 is 12.7 Å². The van der Waals surface area contributed by atoms with Crippen LogP contribution >= 0.6 is 0 Å². The van der Waals surface area contributed by atoms with Crippen molar-refractivity contribution in [1.82, 2.24) is 4.57 Å². The van der Waals surface area contributed by atoms with Crippen LogP contribution in [0.25, 0.3) is 34.0 Å². The second kappa shape index (κ2) is 13.7. The third kappa shape index (κ3) is 6.18. The first-order valence-corrected chi connectivity index (χ1v) is 18.8. The highest BCUT2D eigenvalue weighted by atomic mass is 16.7. The predicted molar refractivity (Wildman–Crippen MR) is 212 cm³/mol. The summed E-state index contributed by atoms with van der Waals surface area (Å²) in [5, 5.41) is 0. The van der Waals surface area contributed by atoms with E-state index in [1.165, 1.54) is 33.6 Å². The number of hydrogen-bond acceptors (Lipinski definition) is 2. The van der Waals surface area contributed by atoms with E-state index < -0.39 is 18.3 Å². The van der Waals surface area contributed by atoms with E-state index in [9.17, 15) is 0 Å². The molecule has 0 saturated carbocycles. The molecule has 4 aromatic carbocycles. The molecule has 4 nitrogen and oxygen atoms in total.